The zero-order valence-electron chi connectivity index (χ0n) is 14.2. The molecular formula is C20H16N2O2S. The summed E-state index contributed by atoms with van der Waals surface area (Å²) in [6, 6.07) is 15.5. The third-order valence-electron chi connectivity index (χ3n) is 4.33. The van der Waals surface area contributed by atoms with E-state index in [0.717, 1.165) is 5.56 Å². The van der Waals surface area contributed by atoms with Gasteiger partial charge < -0.3 is 0 Å². The minimum atomic E-state index is -3.72. The number of hydrogen-bond acceptors (Lipinski definition) is 4. The number of nitriles is 2. The van der Waals surface area contributed by atoms with Gasteiger partial charge in [0.05, 0.1) is 9.79 Å². The maximum atomic E-state index is 13.1. The molecule has 2 aromatic rings. The number of nitrogens with zero attached hydrogens (tertiary/aromatic N) is 2. The molecule has 0 unspecified atom stereocenters. The lowest BCUT2D eigenvalue weighted by Gasteiger charge is -2.26. The van der Waals surface area contributed by atoms with Crippen molar-refractivity contribution in [3.05, 3.63) is 64.7 Å². The molecule has 25 heavy (non-hydrogen) atoms. The summed E-state index contributed by atoms with van der Waals surface area (Å²) < 4.78 is 26.3. The molecule has 124 valence electrons. The highest BCUT2D eigenvalue weighted by Gasteiger charge is 2.34. The predicted octanol–water partition coefficient (Wildman–Crippen LogP) is 3.98. The standard InChI is InChI=1S/C20H16N2O2S/c1-20(2,3)14-8-9-16-18(10-14)25(23,24)17-7-5-4-6-15(17)19(16)13(11-21)12-22/h4-10H,1-3H3. The van der Waals surface area contributed by atoms with Crippen LogP contribution in [0.15, 0.2) is 57.8 Å². The van der Waals surface area contributed by atoms with Crippen molar-refractivity contribution in [1.29, 1.82) is 10.5 Å². The van der Waals surface area contributed by atoms with Crippen molar-refractivity contribution < 1.29 is 8.42 Å². The fraction of sp³-hybridized carbons (Fsp3) is 0.200. The minimum Gasteiger partial charge on any atom is -0.218 e. The number of sulfone groups is 1. The first-order valence-corrected chi connectivity index (χ1v) is 9.24. The van der Waals surface area contributed by atoms with Crippen molar-refractivity contribution in [2.75, 3.05) is 0 Å². The Morgan fingerprint density at radius 2 is 1.52 bits per heavy atom. The minimum absolute atomic E-state index is 0.0906. The second-order valence-corrected chi connectivity index (χ2v) is 8.82. The summed E-state index contributed by atoms with van der Waals surface area (Å²) in [7, 11) is -3.72. The summed E-state index contributed by atoms with van der Waals surface area (Å²) in [6.07, 6.45) is 0. The summed E-state index contributed by atoms with van der Waals surface area (Å²) in [5.74, 6) is 0. The van der Waals surface area contributed by atoms with Crippen LogP contribution in [-0.2, 0) is 15.3 Å². The van der Waals surface area contributed by atoms with Gasteiger partial charge in [0.1, 0.15) is 17.7 Å². The van der Waals surface area contributed by atoms with E-state index in [1.165, 1.54) is 6.07 Å². The molecule has 0 saturated carbocycles. The zero-order chi connectivity index (χ0) is 18.4. The van der Waals surface area contributed by atoms with Crippen LogP contribution >= 0.6 is 0 Å². The first kappa shape index (κ1) is 17.0. The van der Waals surface area contributed by atoms with Crippen LogP contribution in [0.4, 0.5) is 0 Å². The van der Waals surface area contributed by atoms with Gasteiger partial charge in [-0.3, -0.25) is 0 Å². The molecule has 0 aromatic heterocycles. The molecule has 0 amide bonds. The highest BCUT2D eigenvalue weighted by Crippen LogP contribution is 2.43. The van der Waals surface area contributed by atoms with Gasteiger partial charge in [0.25, 0.3) is 0 Å². The Labute approximate surface area is 147 Å². The SMILES string of the molecule is CC(C)(C)c1ccc2c(c1)S(=O)(=O)c1ccccc1C2=C(C#N)C#N. The Bertz CT molecular complexity index is 1090. The molecule has 5 heteroatoms. The Kier molecular flexibility index (Phi) is 3.78. The van der Waals surface area contributed by atoms with Crippen LogP contribution < -0.4 is 0 Å². The average molecular weight is 348 g/mol. The van der Waals surface area contributed by atoms with E-state index in [4.69, 9.17) is 0 Å². The van der Waals surface area contributed by atoms with E-state index in [2.05, 4.69) is 0 Å². The van der Waals surface area contributed by atoms with Crippen molar-refractivity contribution in [2.24, 2.45) is 0 Å². The summed E-state index contributed by atoms with van der Waals surface area (Å²) in [4.78, 5) is 0.281. The van der Waals surface area contributed by atoms with E-state index in [9.17, 15) is 18.9 Å². The van der Waals surface area contributed by atoms with Crippen LogP contribution in [0.1, 0.15) is 37.5 Å². The molecule has 0 atom stereocenters. The summed E-state index contributed by atoms with van der Waals surface area (Å²) in [6.45, 7) is 6.01. The van der Waals surface area contributed by atoms with Crippen molar-refractivity contribution in [1.82, 2.24) is 0 Å². The maximum Gasteiger partial charge on any atom is 0.207 e. The van der Waals surface area contributed by atoms with Gasteiger partial charge in [-0.2, -0.15) is 10.5 Å². The van der Waals surface area contributed by atoms with E-state index in [1.54, 1.807) is 30.3 Å². The average Bonchev–Trinajstić information content (AvgIpc) is 2.57. The largest absolute Gasteiger partial charge is 0.218 e. The summed E-state index contributed by atoms with van der Waals surface area (Å²) >= 11 is 0. The molecule has 1 aliphatic rings. The maximum absolute atomic E-state index is 13.1. The molecular weight excluding hydrogens is 332 g/mol. The lowest BCUT2D eigenvalue weighted by atomic mass is 9.85. The highest BCUT2D eigenvalue weighted by atomic mass is 32.2. The smallest absolute Gasteiger partial charge is 0.207 e. The molecule has 0 saturated heterocycles. The topological polar surface area (TPSA) is 81.7 Å². The van der Waals surface area contributed by atoms with Crippen LogP contribution in [0, 0.1) is 22.7 Å². The van der Waals surface area contributed by atoms with Gasteiger partial charge in [0.2, 0.25) is 9.84 Å². The highest BCUT2D eigenvalue weighted by molar-refractivity contribution is 7.91. The predicted molar refractivity (Wildman–Crippen MR) is 94.3 cm³/mol. The molecule has 4 nitrogen and oxygen atoms in total. The molecule has 1 aliphatic heterocycles. The van der Waals surface area contributed by atoms with Gasteiger partial charge in [0, 0.05) is 16.7 Å². The zero-order valence-corrected chi connectivity index (χ0v) is 15.0. The molecule has 0 fully saturated rings. The molecule has 3 rings (SSSR count). The number of benzene rings is 2. The number of fused-ring (bicyclic) bond motifs is 2. The Balaban J connectivity index is 2.50. The van der Waals surface area contributed by atoms with Crippen molar-refractivity contribution >= 4 is 15.4 Å². The van der Waals surface area contributed by atoms with E-state index in [1.807, 2.05) is 39.0 Å². The molecule has 0 N–H and O–H groups in total. The number of allylic oxidation sites excluding steroid dienone is 1. The molecule has 0 bridgehead atoms. The molecule has 0 aliphatic carbocycles. The van der Waals surface area contributed by atoms with Gasteiger partial charge in [-0.15, -0.1) is 0 Å². The van der Waals surface area contributed by atoms with E-state index < -0.39 is 9.84 Å². The lowest BCUT2D eigenvalue weighted by molar-refractivity contribution is 0.582. The van der Waals surface area contributed by atoms with Gasteiger partial charge in [0.15, 0.2) is 0 Å². The van der Waals surface area contributed by atoms with Crippen LogP contribution in [0.5, 0.6) is 0 Å². The quantitative estimate of drug-likeness (QED) is 0.575. The van der Waals surface area contributed by atoms with E-state index in [-0.39, 0.29) is 20.8 Å². The third kappa shape index (κ3) is 2.54. The van der Waals surface area contributed by atoms with Gasteiger partial charge in [-0.1, -0.05) is 51.1 Å². The van der Waals surface area contributed by atoms with Crippen LogP contribution in [0.2, 0.25) is 0 Å². The second-order valence-electron chi connectivity index (χ2n) is 6.93. The molecule has 2 aromatic carbocycles. The number of hydrogen-bond donors (Lipinski definition) is 0. The molecule has 1 heterocycles. The third-order valence-corrected chi connectivity index (χ3v) is 6.18. The summed E-state index contributed by atoms with van der Waals surface area (Å²) in [5, 5.41) is 18.7. The fourth-order valence-electron chi connectivity index (χ4n) is 2.99. The fourth-order valence-corrected chi connectivity index (χ4v) is 4.69. The van der Waals surface area contributed by atoms with E-state index in [0.29, 0.717) is 16.7 Å². The van der Waals surface area contributed by atoms with Crippen LogP contribution in [0.3, 0.4) is 0 Å². The van der Waals surface area contributed by atoms with Crippen molar-refractivity contribution in [3.8, 4) is 12.1 Å². The first-order valence-electron chi connectivity index (χ1n) is 7.75. The molecule has 0 spiro atoms. The van der Waals surface area contributed by atoms with Crippen molar-refractivity contribution in [2.45, 2.75) is 36.0 Å². The van der Waals surface area contributed by atoms with Crippen molar-refractivity contribution in [3.63, 3.8) is 0 Å². The molecule has 0 radical (unpaired) electrons. The lowest BCUT2D eigenvalue weighted by Crippen LogP contribution is -2.18. The second kappa shape index (κ2) is 5.58. The Morgan fingerprint density at radius 1 is 0.920 bits per heavy atom. The normalized spacial score (nSPS) is 14.7. The Morgan fingerprint density at radius 3 is 2.12 bits per heavy atom. The Hall–Kier alpha value is -2.89. The van der Waals surface area contributed by atoms with Gasteiger partial charge >= 0.3 is 0 Å². The summed E-state index contributed by atoms with van der Waals surface area (Å²) in [5.41, 5.74) is 1.75. The van der Waals surface area contributed by atoms with E-state index >= 15 is 0 Å². The monoisotopic (exact) mass is 348 g/mol. The number of rotatable bonds is 0. The first-order chi connectivity index (χ1) is 11.7. The van der Waals surface area contributed by atoms with Crippen LogP contribution in [0.25, 0.3) is 5.57 Å². The van der Waals surface area contributed by atoms with Gasteiger partial charge in [-0.25, -0.2) is 8.42 Å². The van der Waals surface area contributed by atoms with Gasteiger partial charge in [-0.05, 0) is 23.1 Å². The van der Waals surface area contributed by atoms with Crippen LogP contribution in [-0.4, -0.2) is 8.42 Å².